The third-order valence-electron chi connectivity index (χ3n) is 3.50. The first-order valence-corrected chi connectivity index (χ1v) is 6.47. The zero-order valence-corrected chi connectivity index (χ0v) is 10.5. The predicted molar refractivity (Wildman–Crippen MR) is 70.2 cm³/mol. The van der Waals surface area contributed by atoms with Crippen LogP contribution in [0.4, 0.5) is 0 Å². The topological polar surface area (TPSA) is 25.2 Å². The van der Waals surface area contributed by atoms with E-state index in [-0.39, 0.29) is 0 Å². The summed E-state index contributed by atoms with van der Waals surface area (Å²) >= 11 is 0. The molecule has 0 amide bonds. The van der Waals surface area contributed by atoms with Crippen molar-refractivity contribution in [2.45, 2.75) is 45.2 Å². The fraction of sp³-hybridized carbons (Fsp3) is 0.467. The monoisotopic (exact) mass is 229 g/mol. The van der Waals surface area contributed by atoms with E-state index in [0.29, 0.717) is 5.92 Å². The van der Waals surface area contributed by atoms with Gasteiger partial charge in [-0.3, -0.25) is 0 Å². The van der Waals surface area contributed by atoms with Crippen LogP contribution in [0, 0.1) is 0 Å². The SMILES string of the molecule is CC(C)c1ccc2occ(CNC3CC3)c2c1. The molecular formula is C15H19NO. The number of hydrogen-bond acceptors (Lipinski definition) is 2. The second-order valence-corrected chi connectivity index (χ2v) is 5.33. The summed E-state index contributed by atoms with van der Waals surface area (Å²) in [5.74, 6) is 0.568. The minimum atomic E-state index is 0.568. The molecule has 0 radical (unpaired) electrons. The van der Waals surface area contributed by atoms with Crippen LogP contribution in [-0.4, -0.2) is 6.04 Å². The van der Waals surface area contributed by atoms with E-state index in [1.54, 1.807) is 0 Å². The zero-order valence-electron chi connectivity index (χ0n) is 10.5. The van der Waals surface area contributed by atoms with Gasteiger partial charge in [0.15, 0.2) is 0 Å². The summed E-state index contributed by atoms with van der Waals surface area (Å²) in [4.78, 5) is 0. The van der Waals surface area contributed by atoms with Crippen molar-refractivity contribution < 1.29 is 4.42 Å². The Morgan fingerprint density at radius 3 is 2.88 bits per heavy atom. The fourth-order valence-electron chi connectivity index (χ4n) is 2.14. The molecule has 90 valence electrons. The van der Waals surface area contributed by atoms with Crippen molar-refractivity contribution in [3.63, 3.8) is 0 Å². The van der Waals surface area contributed by atoms with Crippen LogP contribution < -0.4 is 5.32 Å². The standard InChI is InChI=1S/C15H19NO/c1-10(2)11-3-6-15-14(7-11)12(9-17-15)8-16-13-4-5-13/h3,6-7,9-10,13,16H,4-5,8H2,1-2H3. The zero-order chi connectivity index (χ0) is 11.8. The number of fused-ring (bicyclic) bond motifs is 1. The first-order chi connectivity index (χ1) is 8.24. The molecule has 2 aromatic rings. The second-order valence-electron chi connectivity index (χ2n) is 5.33. The summed E-state index contributed by atoms with van der Waals surface area (Å²) in [6, 6.07) is 7.26. The minimum Gasteiger partial charge on any atom is -0.464 e. The van der Waals surface area contributed by atoms with Crippen LogP contribution in [0.3, 0.4) is 0 Å². The lowest BCUT2D eigenvalue weighted by Gasteiger charge is -2.05. The number of rotatable bonds is 4. The van der Waals surface area contributed by atoms with Crippen LogP contribution in [-0.2, 0) is 6.54 Å². The van der Waals surface area contributed by atoms with E-state index < -0.39 is 0 Å². The van der Waals surface area contributed by atoms with Crippen molar-refractivity contribution >= 4 is 11.0 Å². The summed E-state index contributed by atoms with van der Waals surface area (Å²) in [6.07, 6.45) is 4.55. The molecule has 1 aromatic carbocycles. The highest BCUT2D eigenvalue weighted by Gasteiger charge is 2.20. The molecule has 2 nitrogen and oxygen atoms in total. The molecule has 0 unspecified atom stereocenters. The molecule has 1 N–H and O–H groups in total. The van der Waals surface area contributed by atoms with E-state index in [1.165, 1.54) is 29.4 Å². The lowest BCUT2D eigenvalue weighted by atomic mass is 10.0. The second kappa shape index (κ2) is 4.19. The van der Waals surface area contributed by atoms with E-state index in [1.807, 2.05) is 6.26 Å². The largest absolute Gasteiger partial charge is 0.464 e. The predicted octanol–water partition coefficient (Wildman–Crippen LogP) is 3.81. The normalized spacial score (nSPS) is 15.9. The number of nitrogens with one attached hydrogen (secondary N) is 1. The van der Waals surface area contributed by atoms with Gasteiger partial charge in [-0.1, -0.05) is 19.9 Å². The van der Waals surface area contributed by atoms with Crippen molar-refractivity contribution in [2.24, 2.45) is 0 Å². The summed E-state index contributed by atoms with van der Waals surface area (Å²) < 4.78 is 5.60. The Morgan fingerprint density at radius 2 is 2.18 bits per heavy atom. The molecule has 2 heteroatoms. The lowest BCUT2D eigenvalue weighted by Crippen LogP contribution is -2.14. The smallest absolute Gasteiger partial charge is 0.134 e. The molecule has 0 saturated heterocycles. The molecule has 1 fully saturated rings. The molecule has 0 bridgehead atoms. The highest BCUT2D eigenvalue weighted by atomic mass is 16.3. The van der Waals surface area contributed by atoms with Gasteiger partial charge >= 0.3 is 0 Å². The number of benzene rings is 1. The van der Waals surface area contributed by atoms with Gasteiger partial charge in [-0.25, -0.2) is 0 Å². The van der Waals surface area contributed by atoms with Crippen molar-refractivity contribution in [3.8, 4) is 0 Å². The van der Waals surface area contributed by atoms with Gasteiger partial charge in [0.05, 0.1) is 6.26 Å². The molecule has 1 saturated carbocycles. The Morgan fingerprint density at radius 1 is 1.35 bits per heavy atom. The van der Waals surface area contributed by atoms with Crippen molar-refractivity contribution in [1.29, 1.82) is 0 Å². The van der Waals surface area contributed by atoms with Crippen LogP contribution in [0.2, 0.25) is 0 Å². The molecule has 3 rings (SSSR count). The maximum atomic E-state index is 5.60. The number of furan rings is 1. The van der Waals surface area contributed by atoms with Crippen LogP contribution >= 0.6 is 0 Å². The molecule has 0 aliphatic heterocycles. The van der Waals surface area contributed by atoms with E-state index >= 15 is 0 Å². The van der Waals surface area contributed by atoms with Crippen molar-refractivity contribution in [3.05, 3.63) is 35.6 Å². The van der Waals surface area contributed by atoms with Gasteiger partial charge in [-0.2, -0.15) is 0 Å². The Hall–Kier alpha value is -1.28. The van der Waals surface area contributed by atoms with E-state index in [2.05, 4.69) is 37.4 Å². The molecule has 1 aromatic heterocycles. The maximum Gasteiger partial charge on any atom is 0.134 e. The van der Waals surface area contributed by atoms with Crippen LogP contribution in [0.5, 0.6) is 0 Å². The van der Waals surface area contributed by atoms with E-state index in [0.717, 1.165) is 18.2 Å². The summed E-state index contributed by atoms with van der Waals surface area (Å²) in [6.45, 7) is 5.38. The van der Waals surface area contributed by atoms with Gasteiger partial charge in [0.2, 0.25) is 0 Å². The van der Waals surface area contributed by atoms with Gasteiger partial charge in [0.25, 0.3) is 0 Å². The summed E-state index contributed by atoms with van der Waals surface area (Å²) in [7, 11) is 0. The third-order valence-corrected chi connectivity index (χ3v) is 3.50. The third kappa shape index (κ3) is 2.22. The molecule has 1 aliphatic rings. The maximum absolute atomic E-state index is 5.60. The van der Waals surface area contributed by atoms with Gasteiger partial charge in [0, 0.05) is 23.5 Å². The molecule has 1 heterocycles. The van der Waals surface area contributed by atoms with E-state index in [9.17, 15) is 0 Å². The van der Waals surface area contributed by atoms with Gasteiger partial charge in [0.1, 0.15) is 5.58 Å². The van der Waals surface area contributed by atoms with Crippen molar-refractivity contribution in [1.82, 2.24) is 5.32 Å². The van der Waals surface area contributed by atoms with Crippen LogP contribution in [0.25, 0.3) is 11.0 Å². The van der Waals surface area contributed by atoms with Crippen LogP contribution in [0.1, 0.15) is 43.7 Å². The molecule has 17 heavy (non-hydrogen) atoms. The Kier molecular flexibility index (Phi) is 2.67. The Bertz CT molecular complexity index is 523. The summed E-state index contributed by atoms with van der Waals surface area (Å²) in [5.41, 5.74) is 3.67. The average Bonchev–Trinajstić information content (AvgIpc) is 3.06. The van der Waals surface area contributed by atoms with Gasteiger partial charge in [-0.15, -0.1) is 0 Å². The fourth-order valence-corrected chi connectivity index (χ4v) is 2.14. The Balaban J connectivity index is 1.90. The highest BCUT2D eigenvalue weighted by molar-refractivity contribution is 5.81. The van der Waals surface area contributed by atoms with Gasteiger partial charge < -0.3 is 9.73 Å². The van der Waals surface area contributed by atoms with Crippen LogP contribution in [0.15, 0.2) is 28.9 Å². The van der Waals surface area contributed by atoms with E-state index in [4.69, 9.17) is 4.42 Å². The quantitative estimate of drug-likeness (QED) is 0.862. The molecular weight excluding hydrogens is 210 g/mol. The molecule has 0 atom stereocenters. The van der Waals surface area contributed by atoms with Crippen molar-refractivity contribution in [2.75, 3.05) is 0 Å². The lowest BCUT2D eigenvalue weighted by molar-refractivity contribution is 0.601. The first kappa shape index (κ1) is 10.8. The first-order valence-electron chi connectivity index (χ1n) is 6.47. The summed E-state index contributed by atoms with van der Waals surface area (Å²) in [5, 5.41) is 4.81. The minimum absolute atomic E-state index is 0.568. The average molecular weight is 229 g/mol. The van der Waals surface area contributed by atoms with Gasteiger partial charge in [-0.05, 0) is 36.5 Å². The molecule has 0 spiro atoms. The number of hydrogen-bond donors (Lipinski definition) is 1. The molecule has 1 aliphatic carbocycles. The highest BCUT2D eigenvalue weighted by Crippen LogP contribution is 2.27. The Labute approximate surface area is 102 Å².